The lowest BCUT2D eigenvalue weighted by Crippen LogP contribution is -2.10. The minimum absolute atomic E-state index is 0.0900. The third-order valence-corrected chi connectivity index (χ3v) is 1.83. The second kappa shape index (κ2) is 5.57. The zero-order valence-electron chi connectivity index (χ0n) is 8.31. The minimum Gasteiger partial charge on any atom is -0.477 e. The molecule has 0 aliphatic carbocycles. The fourth-order valence-electron chi connectivity index (χ4n) is 1.10. The van der Waals surface area contributed by atoms with Gasteiger partial charge in [0, 0.05) is 30.8 Å². The second-order valence-electron chi connectivity index (χ2n) is 3.11. The summed E-state index contributed by atoms with van der Waals surface area (Å²) in [6.45, 7) is 2.48. The summed E-state index contributed by atoms with van der Waals surface area (Å²) in [5, 5.41) is 8.60. The molecule has 0 spiro atoms. The van der Waals surface area contributed by atoms with Gasteiger partial charge in [0.25, 0.3) is 0 Å². The molecule has 0 aromatic carbocycles. The minimum atomic E-state index is -0.0900. The summed E-state index contributed by atoms with van der Waals surface area (Å²) in [7, 11) is 0. The van der Waals surface area contributed by atoms with Crippen LogP contribution in [-0.2, 0) is 0 Å². The van der Waals surface area contributed by atoms with Crippen LogP contribution in [0.3, 0.4) is 0 Å². The molecule has 0 fully saturated rings. The molecule has 0 aliphatic heterocycles. The largest absolute Gasteiger partial charge is 0.477 e. The Morgan fingerprint density at radius 2 is 2.43 bits per heavy atom. The Balaban J connectivity index is 2.64. The summed E-state index contributed by atoms with van der Waals surface area (Å²) in [5.41, 5.74) is 6.64. The molecule has 1 aromatic heterocycles. The van der Waals surface area contributed by atoms with Crippen molar-refractivity contribution in [2.24, 2.45) is 5.73 Å². The molecule has 0 radical (unpaired) electrons. The summed E-state index contributed by atoms with van der Waals surface area (Å²) >= 11 is 0. The number of rotatable bonds is 5. The molecule has 0 saturated heterocycles. The molecule has 0 aliphatic rings. The molecule has 14 heavy (non-hydrogen) atoms. The smallest absolute Gasteiger partial charge is 0.218 e. The maximum absolute atomic E-state index is 8.60. The van der Waals surface area contributed by atoms with Crippen LogP contribution >= 0.6 is 0 Å². The van der Waals surface area contributed by atoms with E-state index >= 15 is 0 Å². The number of aliphatic hydroxyl groups excluding tert-OH is 1. The number of nitrogens with zero attached hydrogens (tertiary/aromatic N) is 1. The van der Waals surface area contributed by atoms with Gasteiger partial charge in [-0.05, 0) is 13.0 Å². The topological polar surface area (TPSA) is 68.4 Å². The van der Waals surface area contributed by atoms with Crippen LogP contribution < -0.4 is 10.5 Å². The van der Waals surface area contributed by atoms with Gasteiger partial charge < -0.3 is 15.6 Å². The van der Waals surface area contributed by atoms with Gasteiger partial charge in [-0.3, -0.25) is 0 Å². The van der Waals surface area contributed by atoms with Gasteiger partial charge in [0.05, 0.1) is 6.61 Å². The van der Waals surface area contributed by atoms with E-state index in [1.807, 2.05) is 19.1 Å². The molecule has 0 unspecified atom stereocenters. The summed E-state index contributed by atoms with van der Waals surface area (Å²) < 4.78 is 5.39. The summed E-state index contributed by atoms with van der Waals surface area (Å²) in [6.07, 6.45) is 2.27. The van der Waals surface area contributed by atoms with Crippen LogP contribution in [0, 0.1) is 0 Å². The van der Waals surface area contributed by atoms with E-state index in [4.69, 9.17) is 15.6 Å². The molecule has 0 saturated carbocycles. The van der Waals surface area contributed by atoms with Crippen LogP contribution in [0.2, 0.25) is 0 Å². The quantitative estimate of drug-likeness (QED) is 0.685. The van der Waals surface area contributed by atoms with Gasteiger partial charge in [-0.15, -0.1) is 0 Å². The van der Waals surface area contributed by atoms with Crippen LogP contribution in [0.5, 0.6) is 5.88 Å². The summed E-state index contributed by atoms with van der Waals surface area (Å²) in [5.74, 6) is 0.566. The van der Waals surface area contributed by atoms with Crippen molar-refractivity contribution < 1.29 is 9.84 Å². The van der Waals surface area contributed by atoms with Crippen molar-refractivity contribution in [2.45, 2.75) is 19.4 Å². The van der Waals surface area contributed by atoms with Crippen LogP contribution in [0.1, 0.15) is 24.9 Å². The Labute approximate surface area is 83.7 Å². The van der Waals surface area contributed by atoms with Crippen LogP contribution in [0.15, 0.2) is 18.3 Å². The standard InChI is InChI=1S/C10H16N2O2/c1-8(11)9-4-2-5-12-10(9)14-7-3-6-13/h2,4-5,8,13H,3,6-7,11H2,1H3/t8-/m0/s1. The molecule has 1 atom stereocenters. The SMILES string of the molecule is C[C@H](N)c1cccnc1OCCCO. The van der Waals surface area contributed by atoms with Crippen molar-refractivity contribution in [1.82, 2.24) is 4.98 Å². The van der Waals surface area contributed by atoms with E-state index < -0.39 is 0 Å². The van der Waals surface area contributed by atoms with Crippen LogP contribution in [0.4, 0.5) is 0 Å². The first kappa shape index (κ1) is 10.9. The lowest BCUT2D eigenvalue weighted by molar-refractivity contribution is 0.227. The summed E-state index contributed by atoms with van der Waals surface area (Å²) in [4.78, 5) is 4.09. The first-order valence-corrected chi connectivity index (χ1v) is 4.70. The zero-order valence-corrected chi connectivity index (χ0v) is 8.31. The van der Waals surface area contributed by atoms with Crippen LogP contribution in [0.25, 0.3) is 0 Å². The monoisotopic (exact) mass is 196 g/mol. The Hall–Kier alpha value is -1.13. The number of pyridine rings is 1. The molecule has 1 heterocycles. The Morgan fingerprint density at radius 3 is 3.07 bits per heavy atom. The fourth-order valence-corrected chi connectivity index (χ4v) is 1.10. The van der Waals surface area contributed by atoms with Crippen LogP contribution in [-0.4, -0.2) is 23.3 Å². The van der Waals surface area contributed by atoms with Gasteiger partial charge in [0.15, 0.2) is 0 Å². The highest BCUT2D eigenvalue weighted by Crippen LogP contribution is 2.20. The predicted molar refractivity (Wildman–Crippen MR) is 54.0 cm³/mol. The third kappa shape index (κ3) is 2.97. The maximum Gasteiger partial charge on any atom is 0.218 e. The molecule has 4 nitrogen and oxygen atoms in total. The second-order valence-corrected chi connectivity index (χ2v) is 3.11. The Kier molecular flexibility index (Phi) is 4.35. The van der Waals surface area contributed by atoms with E-state index in [1.165, 1.54) is 0 Å². The van der Waals surface area contributed by atoms with E-state index in [-0.39, 0.29) is 12.6 Å². The Bertz CT molecular complexity index is 277. The van der Waals surface area contributed by atoms with Gasteiger partial charge in [-0.25, -0.2) is 4.98 Å². The molecule has 0 amide bonds. The van der Waals surface area contributed by atoms with Gasteiger partial charge >= 0.3 is 0 Å². The van der Waals surface area contributed by atoms with Crippen molar-refractivity contribution in [1.29, 1.82) is 0 Å². The highest BCUT2D eigenvalue weighted by atomic mass is 16.5. The highest BCUT2D eigenvalue weighted by Gasteiger charge is 2.07. The average molecular weight is 196 g/mol. The van der Waals surface area contributed by atoms with Crippen molar-refractivity contribution in [3.8, 4) is 5.88 Å². The van der Waals surface area contributed by atoms with Crippen molar-refractivity contribution >= 4 is 0 Å². The van der Waals surface area contributed by atoms with E-state index in [0.29, 0.717) is 18.9 Å². The van der Waals surface area contributed by atoms with Gasteiger partial charge in [0.2, 0.25) is 5.88 Å². The van der Waals surface area contributed by atoms with Crippen molar-refractivity contribution in [3.63, 3.8) is 0 Å². The molecule has 1 rings (SSSR count). The molecule has 0 bridgehead atoms. The molecule has 3 N–H and O–H groups in total. The summed E-state index contributed by atoms with van der Waals surface area (Å²) in [6, 6.07) is 3.64. The van der Waals surface area contributed by atoms with Crippen molar-refractivity contribution in [2.75, 3.05) is 13.2 Å². The Morgan fingerprint density at radius 1 is 1.64 bits per heavy atom. The van der Waals surface area contributed by atoms with E-state index in [2.05, 4.69) is 4.98 Å². The van der Waals surface area contributed by atoms with Gasteiger partial charge in [-0.2, -0.15) is 0 Å². The molecular formula is C10H16N2O2. The predicted octanol–water partition coefficient (Wildman–Crippen LogP) is 0.863. The zero-order chi connectivity index (χ0) is 10.4. The van der Waals surface area contributed by atoms with E-state index in [9.17, 15) is 0 Å². The fraction of sp³-hybridized carbons (Fsp3) is 0.500. The average Bonchev–Trinajstić information content (AvgIpc) is 2.19. The highest BCUT2D eigenvalue weighted by molar-refractivity contribution is 5.27. The number of hydrogen-bond donors (Lipinski definition) is 2. The third-order valence-electron chi connectivity index (χ3n) is 1.83. The normalized spacial score (nSPS) is 12.5. The van der Waals surface area contributed by atoms with Gasteiger partial charge in [-0.1, -0.05) is 6.07 Å². The maximum atomic E-state index is 8.60. The van der Waals surface area contributed by atoms with E-state index in [0.717, 1.165) is 5.56 Å². The lowest BCUT2D eigenvalue weighted by Gasteiger charge is -2.11. The number of ether oxygens (including phenoxy) is 1. The molecule has 78 valence electrons. The number of hydrogen-bond acceptors (Lipinski definition) is 4. The molecule has 4 heteroatoms. The lowest BCUT2D eigenvalue weighted by atomic mass is 10.1. The van der Waals surface area contributed by atoms with Crippen molar-refractivity contribution in [3.05, 3.63) is 23.9 Å². The van der Waals surface area contributed by atoms with Gasteiger partial charge in [0.1, 0.15) is 0 Å². The first-order valence-electron chi connectivity index (χ1n) is 4.70. The molecular weight excluding hydrogens is 180 g/mol. The number of aliphatic hydroxyl groups is 1. The number of nitrogens with two attached hydrogens (primary N) is 1. The molecule has 1 aromatic rings. The van der Waals surface area contributed by atoms with E-state index in [1.54, 1.807) is 6.20 Å². The first-order chi connectivity index (χ1) is 6.75. The number of aromatic nitrogens is 1.